The molecular weight excluding hydrogens is 299 g/mol. The van der Waals surface area contributed by atoms with Gasteiger partial charge in [-0.2, -0.15) is 0 Å². The molecule has 20 heavy (non-hydrogen) atoms. The van der Waals surface area contributed by atoms with E-state index in [0.717, 1.165) is 0 Å². The molecule has 1 aromatic rings. The van der Waals surface area contributed by atoms with Gasteiger partial charge in [-0.15, -0.1) is 13.2 Å². The Balaban J connectivity index is 3.61. The lowest BCUT2D eigenvalue weighted by molar-refractivity contribution is -0.386. The fraction of sp³-hybridized carbons (Fsp3) is 0.250. The predicted molar refractivity (Wildman–Crippen MR) is 49.5 cm³/mol. The maximum Gasteiger partial charge on any atom is 0.574 e. The second-order valence-electron chi connectivity index (χ2n) is 3.15. The van der Waals surface area contributed by atoms with E-state index in [0.29, 0.717) is 0 Å². The number of pyridine rings is 1. The molecule has 0 saturated carbocycles. The smallest absolute Gasteiger partial charge is 0.477 e. The summed E-state index contributed by atoms with van der Waals surface area (Å²) in [7, 11) is 0. The Hall–Kier alpha value is -2.53. The van der Waals surface area contributed by atoms with Crippen molar-refractivity contribution in [2.45, 2.75) is 12.8 Å². The molecule has 0 radical (unpaired) electrons. The largest absolute Gasteiger partial charge is 0.574 e. The Morgan fingerprint density at radius 2 is 2.00 bits per heavy atom. The Labute approximate surface area is 105 Å². The Morgan fingerprint density at radius 1 is 1.45 bits per heavy atom. The highest BCUT2D eigenvalue weighted by molar-refractivity contribution is 5.93. The van der Waals surface area contributed by atoms with E-state index in [4.69, 9.17) is 5.11 Å². The van der Waals surface area contributed by atoms with Crippen molar-refractivity contribution in [1.82, 2.24) is 4.98 Å². The monoisotopic (exact) mass is 302 g/mol. The van der Waals surface area contributed by atoms with Crippen molar-refractivity contribution < 1.29 is 41.5 Å². The minimum atomic E-state index is -5.40. The molecule has 1 heterocycles. The van der Waals surface area contributed by atoms with E-state index < -0.39 is 46.4 Å². The van der Waals surface area contributed by atoms with Crippen molar-refractivity contribution >= 4 is 11.7 Å². The van der Waals surface area contributed by atoms with Crippen molar-refractivity contribution in [3.63, 3.8) is 0 Å². The average Bonchev–Trinajstić information content (AvgIpc) is 2.24. The SMILES string of the molecule is O=C(O)c1c(OC(F)(F)F)ncc([N+](=O)[O-])c1C(F)F. The molecule has 1 N–H and O–H groups in total. The number of hydrogen-bond donors (Lipinski definition) is 1. The van der Waals surface area contributed by atoms with Gasteiger partial charge < -0.3 is 9.84 Å². The number of nitro groups is 1. The summed E-state index contributed by atoms with van der Waals surface area (Å²) in [6.45, 7) is 0. The predicted octanol–water partition coefficient (Wildman–Crippen LogP) is 2.52. The van der Waals surface area contributed by atoms with Crippen LogP contribution in [-0.4, -0.2) is 27.3 Å². The first-order valence-corrected chi connectivity index (χ1v) is 4.49. The van der Waals surface area contributed by atoms with E-state index in [9.17, 15) is 36.9 Å². The summed E-state index contributed by atoms with van der Waals surface area (Å²) in [6, 6.07) is 0. The van der Waals surface area contributed by atoms with E-state index in [1.54, 1.807) is 0 Å². The van der Waals surface area contributed by atoms with Gasteiger partial charge in [0, 0.05) is 0 Å². The van der Waals surface area contributed by atoms with Gasteiger partial charge >= 0.3 is 12.3 Å². The van der Waals surface area contributed by atoms with E-state index in [2.05, 4.69) is 9.72 Å². The van der Waals surface area contributed by atoms with Crippen LogP contribution in [0.15, 0.2) is 6.20 Å². The summed E-state index contributed by atoms with van der Waals surface area (Å²) in [5.41, 5.74) is -4.85. The minimum absolute atomic E-state index is 0.0645. The third-order valence-corrected chi connectivity index (χ3v) is 1.90. The highest BCUT2D eigenvalue weighted by atomic mass is 19.4. The highest BCUT2D eigenvalue weighted by Gasteiger charge is 2.38. The third-order valence-electron chi connectivity index (χ3n) is 1.90. The fourth-order valence-corrected chi connectivity index (χ4v) is 1.26. The second kappa shape index (κ2) is 5.22. The van der Waals surface area contributed by atoms with Gasteiger partial charge in [0.2, 0.25) is 5.88 Å². The van der Waals surface area contributed by atoms with Crippen molar-refractivity contribution in [2.24, 2.45) is 0 Å². The molecule has 0 spiro atoms. The van der Waals surface area contributed by atoms with Crippen molar-refractivity contribution in [3.8, 4) is 5.88 Å². The lowest BCUT2D eigenvalue weighted by Crippen LogP contribution is -2.21. The second-order valence-corrected chi connectivity index (χ2v) is 3.15. The lowest BCUT2D eigenvalue weighted by Gasteiger charge is -2.12. The molecule has 12 heteroatoms. The zero-order valence-electron chi connectivity index (χ0n) is 9.02. The summed E-state index contributed by atoms with van der Waals surface area (Å²) >= 11 is 0. The molecule has 0 atom stereocenters. The number of halogens is 5. The van der Waals surface area contributed by atoms with Crippen LogP contribution in [0.4, 0.5) is 27.6 Å². The zero-order valence-corrected chi connectivity index (χ0v) is 9.02. The van der Waals surface area contributed by atoms with Gasteiger partial charge in [0.25, 0.3) is 12.1 Å². The molecule has 0 unspecified atom stereocenters. The molecule has 0 aromatic carbocycles. The Bertz CT molecular complexity index is 559. The first-order valence-electron chi connectivity index (χ1n) is 4.49. The summed E-state index contributed by atoms with van der Waals surface area (Å²) in [5, 5.41) is 19.1. The van der Waals surface area contributed by atoms with Gasteiger partial charge in [-0.1, -0.05) is 0 Å². The van der Waals surface area contributed by atoms with Gasteiger partial charge in [-0.3, -0.25) is 10.1 Å². The molecule has 7 nitrogen and oxygen atoms in total. The maximum atomic E-state index is 12.7. The molecule has 0 aliphatic carbocycles. The average molecular weight is 302 g/mol. The Kier molecular flexibility index (Phi) is 4.06. The van der Waals surface area contributed by atoms with E-state index in [-0.39, 0.29) is 6.20 Å². The summed E-state index contributed by atoms with van der Waals surface area (Å²) < 4.78 is 64.6. The molecule has 0 amide bonds. The van der Waals surface area contributed by atoms with Gasteiger partial charge in [0.15, 0.2) is 0 Å². The number of nitrogens with zero attached hydrogens (tertiary/aromatic N) is 2. The minimum Gasteiger partial charge on any atom is -0.477 e. The lowest BCUT2D eigenvalue weighted by atomic mass is 10.1. The van der Waals surface area contributed by atoms with E-state index in [1.807, 2.05) is 0 Å². The van der Waals surface area contributed by atoms with E-state index >= 15 is 0 Å². The van der Waals surface area contributed by atoms with Crippen molar-refractivity contribution in [1.29, 1.82) is 0 Å². The molecule has 1 aromatic heterocycles. The molecular formula is C8H3F5N2O5. The summed E-state index contributed by atoms with van der Waals surface area (Å²) in [5.74, 6) is -3.97. The quantitative estimate of drug-likeness (QED) is 0.521. The van der Waals surface area contributed by atoms with Crippen LogP contribution in [0.3, 0.4) is 0 Å². The van der Waals surface area contributed by atoms with E-state index in [1.165, 1.54) is 0 Å². The molecule has 0 aliphatic heterocycles. The van der Waals surface area contributed by atoms with Crippen LogP contribution in [0.1, 0.15) is 22.3 Å². The molecule has 0 fully saturated rings. The van der Waals surface area contributed by atoms with Crippen LogP contribution in [0.25, 0.3) is 0 Å². The summed E-state index contributed by atoms with van der Waals surface area (Å²) in [4.78, 5) is 22.6. The molecule has 0 aliphatic rings. The van der Waals surface area contributed by atoms with Crippen LogP contribution >= 0.6 is 0 Å². The van der Waals surface area contributed by atoms with Crippen LogP contribution in [0, 0.1) is 10.1 Å². The zero-order chi connectivity index (χ0) is 15.7. The number of carboxylic acids is 1. The van der Waals surface area contributed by atoms with Crippen LogP contribution in [0.2, 0.25) is 0 Å². The van der Waals surface area contributed by atoms with Gasteiger partial charge in [-0.25, -0.2) is 18.6 Å². The van der Waals surface area contributed by atoms with Crippen LogP contribution < -0.4 is 4.74 Å². The maximum absolute atomic E-state index is 12.7. The first kappa shape index (κ1) is 15.5. The highest BCUT2D eigenvalue weighted by Crippen LogP contribution is 2.37. The fourth-order valence-electron chi connectivity index (χ4n) is 1.26. The third kappa shape index (κ3) is 3.27. The summed E-state index contributed by atoms with van der Waals surface area (Å²) in [6.07, 6.45) is -9.04. The molecule has 110 valence electrons. The van der Waals surface area contributed by atoms with Crippen LogP contribution in [-0.2, 0) is 0 Å². The molecule has 1 rings (SSSR count). The number of rotatable bonds is 4. The standard InChI is InChI=1S/C8H3F5N2O5/c9-5(10)3-2(15(18)19)1-14-6(4(3)7(16)17)20-8(11,12)13/h1,5H,(H,16,17). The van der Waals surface area contributed by atoms with Gasteiger partial charge in [0.05, 0.1) is 4.92 Å². The molecule has 0 saturated heterocycles. The number of carboxylic acid groups (broad SMARTS) is 1. The first-order chi connectivity index (χ1) is 9.04. The number of aromatic nitrogens is 1. The van der Waals surface area contributed by atoms with Crippen molar-refractivity contribution in [3.05, 3.63) is 27.4 Å². The number of ether oxygens (including phenoxy) is 1. The van der Waals surface area contributed by atoms with Gasteiger partial charge in [-0.05, 0) is 0 Å². The number of hydrogen-bond acceptors (Lipinski definition) is 5. The topological polar surface area (TPSA) is 103 Å². The number of aromatic carboxylic acids is 1. The number of alkyl halides is 5. The van der Waals surface area contributed by atoms with Crippen LogP contribution in [0.5, 0.6) is 5.88 Å². The van der Waals surface area contributed by atoms with Gasteiger partial charge in [0.1, 0.15) is 17.3 Å². The normalized spacial score (nSPS) is 11.5. The Morgan fingerprint density at radius 3 is 2.35 bits per heavy atom. The number of carbonyl (C=O) groups is 1. The molecule has 0 bridgehead atoms. The van der Waals surface area contributed by atoms with Crippen molar-refractivity contribution in [2.75, 3.05) is 0 Å².